The second kappa shape index (κ2) is 6.22. The molecule has 106 valence electrons. The lowest BCUT2D eigenvalue weighted by molar-refractivity contribution is -0.139. The summed E-state index contributed by atoms with van der Waals surface area (Å²) in [7, 11) is 0. The van der Waals surface area contributed by atoms with Crippen LogP contribution in [0.2, 0.25) is 0 Å². The summed E-state index contributed by atoms with van der Waals surface area (Å²) in [4.78, 5) is 15.9. The topological polar surface area (TPSA) is 39.2 Å². The standard InChI is InChI=1S/C15H16FNO2S/c1-4-19-13(18)8-20-15-10(3)7-11-12(16)6-5-9(2)14(11)17-15/h5-7H,4,8H2,1-3H3. The van der Waals surface area contributed by atoms with Crippen molar-refractivity contribution in [1.82, 2.24) is 4.98 Å². The number of hydrogen-bond acceptors (Lipinski definition) is 4. The Balaban J connectivity index is 2.33. The maximum absolute atomic E-state index is 13.8. The van der Waals surface area contributed by atoms with E-state index in [1.807, 2.05) is 13.8 Å². The number of thioether (sulfide) groups is 1. The van der Waals surface area contributed by atoms with Gasteiger partial charge in [-0.1, -0.05) is 17.8 Å². The number of ether oxygens (including phenoxy) is 1. The zero-order chi connectivity index (χ0) is 14.7. The molecule has 0 aliphatic rings. The first-order valence-electron chi connectivity index (χ1n) is 6.37. The summed E-state index contributed by atoms with van der Waals surface area (Å²) < 4.78 is 18.7. The summed E-state index contributed by atoms with van der Waals surface area (Å²) in [6.07, 6.45) is 0. The summed E-state index contributed by atoms with van der Waals surface area (Å²) in [5, 5.41) is 1.25. The smallest absolute Gasteiger partial charge is 0.316 e. The average Bonchev–Trinajstić information content (AvgIpc) is 2.41. The summed E-state index contributed by atoms with van der Waals surface area (Å²) >= 11 is 1.32. The van der Waals surface area contributed by atoms with Crippen molar-refractivity contribution in [2.75, 3.05) is 12.4 Å². The second-order valence-electron chi connectivity index (χ2n) is 4.46. The van der Waals surface area contributed by atoms with Gasteiger partial charge in [0.2, 0.25) is 0 Å². The number of carbonyl (C=O) groups is 1. The second-order valence-corrected chi connectivity index (χ2v) is 5.43. The van der Waals surface area contributed by atoms with Gasteiger partial charge in [0.25, 0.3) is 0 Å². The van der Waals surface area contributed by atoms with E-state index in [-0.39, 0.29) is 17.5 Å². The number of halogens is 1. The molecule has 0 amide bonds. The molecule has 2 aromatic rings. The monoisotopic (exact) mass is 293 g/mol. The summed E-state index contributed by atoms with van der Waals surface area (Å²) in [6.45, 7) is 5.90. The molecule has 0 aliphatic heterocycles. The van der Waals surface area contributed by atoms with Gasteiger partial charge in [-0.3, -0.25) is 4.79 Å². The van der Waals surface area contributed by atoms with E-state index in [9.17, 15) is 9.18 Å². The van der Waals surface area contributed by atoms with Gasteiger partial charge in [0.15, 0.2) is 0 Å². The van der Waals surface area contributed by atoms with Crippen molar-refractivity contribution in [3.05, 3.63) is 35.1 Å². The Morgan fingerprint density at radius 3 is 2.80 bits per heavy atom. The van der Waals surface area contributed by atoms with Gasteiger partial charge in [-0.05, 0) is 44.0 Å². The normalized spacial score (nSPS) is 10.8. The first-order chi connectivity index (χ1) is 9.52. The van der Waals surface area contributed by atoms with Crippen LogP contribution in [0.4, 0.5) is 4.39 Å². The largest absolute Gasteiger partial charge is 0.465 e. The molecule has 2 rings (SSSR count). The molecule has 0 bridgehead atoms. The minimum Gasteiger partial charge on any atom is -0.465 e. The van der Waals surface area contributed by atoms with Crippen molar-refractivity contribution in [2.24, 2.45) is 0 Å². The van der Waals surface area contributed by atoms with Gasteiger partial charge in [0.05, 0.1) is 17.9 Å². The average molecular weight is 293 g/mol. The van der Waals surface area contributed by atoms with Gasteiger partial charge < -0.3 is 4.74 Å². The van der Waals surface area contributed by atoms with E-state index in [2.05, 4.69) is 4.98 Å². The number of carbonyl (C=O) groups excluding carboxylic acids is 1. The lowest BCUT2D eigenvalue weighted by Gasteiger charge is -2.09. The molecule has 1 aromatic heterocycles. The van der Waals surface area contributed by atoms with E-state index >= 15 is 0 Å². The molecule has 0 saturated carbocycles. The molecule has 0 saturated heterocycles. The van der Waals surface area contributed by atoms with Crippen LogP contribution in [0.5, 0.6) is 0 Å². The van der Waals surface area contributed by atoms with Gasteiger partial charge in [0, 0.05) is 5.39 Å². The van der Waals surface area contributed by atoms with Crippen LogP contribution in [0, 0.1) is 19.7 Å². The highest BCUT2D eigenvalue weighted by Gasteiger charge is 2.11. The highest BCUT2D eigenvalue weighted by Crippen LogP contribution is 2.27. The maximum atomic E-state index is 13.8. The fourth-order valence-corrected chi connectivity index (χ4v) is 2.70. The summed E-state index contributed by atoms with van der Waals surface area (Å²) in [5.41, 5.74) is 2.41. The van der Waals surface area contributed by atoms with E-state index in [0.717, 1.165) is 16.2 Å². The molecule has 3 nitrogen and oxygen atoms in total. The van der Waals surface area contributed by atoms with Crippen LogP contribution < -0.4 is 0 Å². The third-order valence-corrected chi connectivity index (χ3v) is 3.98. The van der Waals surface area contributed by atoms with Crippen molar-refractivity contribution in [3.8, 4) is 0 Å². The number of hydrogen-bond donors (Lipinski definition) is 0. The predicted octanol–water partition coefficient (Wildman–Crippen LogP) is 3.65. The van der Waals surface area contributed by atoms with Gasteiger partial charge >= 0.3 is 5.97 Å². The van der Waals surface area contributed by atoms with Crippen LogP contribution in [-0.2, 0) is 9.53 Å². The van der Waals surface area contributed by atoms with Crippen molar-refractivity contribution in [2.45, 2.75) is 25.8 Å². The molecule has 1 heterocycles. The zero-order valence-electron chi connectivity index (χ0n) is 11.7. The molecule has 0 radical (unpaired) electrons. The number of fused-ring (bicyclic) bond motifs is 1. The van der Waals surface area contributed by atoms with E-state index in [1.54, 1.807) is 19.1 Å². The Morgan fingerprint density at radius 2 is 2.10 bits per heavy atom. The maximum Gasteiger partial charge on any atom is 0.316 e. The SMILES string of the molecule is CCOC(=O)CSc1nc2c(C)ccc(F)c2cc1C. The van der Waals surface area contributed by atoms with Crippen LogP contribution in [0.25, 0.3) is 10.9 Å². The number of pyridine rings is 1. The Bertz CT molecular complexity index is 658. The van der Waals surface area contributed by atoms with E-state index < -0.39 is 0 Å². The summed E-state index contributed by atoms with van der Waals surface area (Å²) in [6, 6.07) is 4.93. The number of aryl methyl sites for hydroxylation is 2. The first kappa shape index (κ1) is 14.8. The number of aromatic nitrogens is 1. The first-order valence-corrected chi connectivity index (χ1v) is 7.36. The molecule has 1 aromatic carbocycles. The molecule has 20 heavy (non-hydrogen) atoms. The number of nitrogens with zero attached hydrogens (tertiary/aromatic N) is 1. The van der Waals surface area contributed by atoms with Crippen molar-refractivity contribution >= 4 is 28.6 Å². The number of rotatable bonds is 4. The van der Waals surface area contributed by atoms with Gasteiger partial charge in [0.1, 0.15) is 10.8 Å². The molecule has 0 unspecified atom stereocenters. The van der Waals surface area contributed by atoms with Crippen LogP contribution in [0.3, 0.4) is 0 Å². The predicted molar refractivity (Wildman–Crippen MR) is 78.5 cm³/mol. The minimum absolute atomic E-state index is 0.210. The molecular formula is C15H16FNO2S. The Morgan fingerprint density at radius 1 is 1.35 bits per heavy atom. The third-order valence-electron chi connectivity index (χ3n) is 2.91. The van der Waals surface area contributed by atoms with Crippen molar-refractivity contribution in [1.29, 1.82) is 0 Å². The lowest BCUT2D eigenvalue weighted by atomic mass is 10.1. The zero-order valence-corrected chi connectivity index (χ0v) is 12.5. The van der Waals surface area contributed by atoms with Crippen molar-refractivity contribution < 1.29 is 13.9 Å². The van der Waals surface area contributed by atoms with Gasteiger partial charge in [-0.25, -0.2) is 9.37 Å². The van der Waals surface area contributed by atoms with Gasteiger partial charge in [-0.15, -0.1) is 0 Å². The molecule has 0 aliphatic carbocycles. The number of benzene rings is 1. The highest BCUT2D eigenvalue weighted by molar-refractivity contribution is 7.99. The molecule has 0 atom stereocenters. The van der Waals surface area contributed by atoms with E-state index in [4.69, 9.17) is 4.74 Å². The van der Waals surface area contributed by atoms with Gasteiger partial charge in [-0.2, -0.15) is 0 Å². The van der Waals surface area contributed by atoms with Crippen LogP contribution in [0.1, 0.15) is 18.1 Å². The number of esters is 1. The highest BCUT2D eigenvalue weighted by atomic mass is 32.2. The van der Waals surface area contributed by atoms with Crippen molar-refractivity contribution in [3.63, 3.8) is 0 Å². The molecule has 0 spiro atoms. The lowest BCUT2D eigenvalue weighted by Crippen LogP contribution is -2.07. The fourth-order valence-electron chi connectivity index (χ4n) is 1.92. The molecule has 0 N–H and O–H groups in total. The van der Waals surface area contributed by atoms with Crippen LogP contribution >= 0.6 is 11.8 Å². The quantitative estimate of drug-likeness (QED) is 0.637. The van der Waals surface area contributed by atoms with Crippen LogP contribution in [0.15, 0.2) is 23.2 Å². The molecule has 5 heteroatoms. The van der Waals surface area contributed by atoms with E-state index in [0.29, 0.717) is 17.5 Å². The Labute approximate surface area is 121 Å². The Kier molecular flexibility index (Phi) is 4.60. The van der Waals surface area contributed by atoms with E-state index in [1.165, 1.54) is 17.8 Å². The summed E-state index contributed by atoms with van der Waals surface area (Å²) in [5.74, 6) is -0.334. The molecule has 0 fully saturated rings. The third kappa shape index (κ3) is 3.10. The van der Waals surface area contributed by atoms with Crippen LogP contribution in [-0.4, -0.2) is 23.3 Å². The fraction of sp³-hybridized carbons (Fsp3) is 0.333. The Hall–Kier alpha value is -1.62. The minimum atomic E-state index is -0.275. The molecular weight excluding hydrogens is 277 g/mol.